The van der Waals surface area contributed by atoms with Crippen LogP contribution in [-0.4, -0.2) is 31.8 Å². The van der Waals surface area contributed by atoms with Crippen LogP contribution >= 0.6 is 0 Å². The highest BCUT2D eigenvalue weighted by atomic mass is 16.7. The first-order valence-electron chi connectivity index (χ1n) is 6.02. The summed E-state index contributed by atoms with van der Waals surface area (Å²) >= 11 is 0. The highest BCUT2D eigenvalue weighted by Crippen LogP contribution is 2.35. The summed E-state index contributed by atoms with van der Waals surface area (Å²) in [6.07, 6.45) is 1.02. The quantitative estimate of drug-likeness (QED) is 0.846. The van der Waals surface area contributed by atoms with E-state index in [1.54, 1.807) is 0 Å². The molecule has 0 fully saturated rings. The lowest BCUT2D eigenvalue weighted by molar-refractivity contribution is 0.174. The normalized spacial score (nSPS) is 15.3. The standard InChI is InChI=1S/C13H20N2O2/c1-10(15(2)7-3-6-14)11-4-5-12-13(8-11)17-9-16-12/h4-5,8,10H,3,6-7,9,14H2,1-2H3. The number of ether oxygens (including phenoxy) is 2. The van der Waals surface area contributed by atoms with E-state index in [0.717, 1.165) is 31.0 Å². The lowest BCUT2D eigenvalue weighted by Crippen LogP contribution is -2.25. The van der Waals surface area contributed by atoms with Crippen molar-refractivity contribution >= 4 is 0 Å². The van der Waals surface area contributed by atoms with Crippen molar-refractivity contribution in [2.75, 3.05) is 26.9 Å². The van der Waals surface area contributed by atoms with Crippen LogP contribution in [0.15, 0.2) is 18.2 Å². The van der Waals surface area contributed by atoms with Gasteiger partial charge in [-0.1, -0.05) is 6.07 Å². The minimum absolute atomic E-state index is 0.330. The fourth-order valence-electron chi connectivity index (χ4n) is 1.96. The monoisotopic (exact) mass is 236 g/mol. The third kappa shape index (κ3) is 2.70. The van der Waals surface area contributed by atoms with Crippen molar-refractivity contribution in [3.8, 4) is 11.5 Å². The molecule has 1 aliphatic rings. The van der Waals surface area contributed by atoms with Crippen molar-refractivity contribution in [3.63, 3.8) is 0 Å². The van der Waals surface area contributed by atoms with Gasteiger partial charge >= 0.3 is 0 Å². The molecule has 0 aliphatic carbocycles. The zero-order valence-electron chi connectivity index (χ0n) is 10.5. The summed E-state index contributed by atoms with van der Waals surface area (Å²) in [5, 5.41) is 0. The fraction of sp³-hybridized carbons (Fsp3) is 0.538. The molecule has 0 saturated heterocycles. The minimum Gasteiger partial charge on any atom is -0.454 e. The van der Waals surface area contributed by atoms with Crippen LogP contribution in [0.3, 0.4) is 0 Å². The second-order valence-corrected chi connectivity index (χ2v) is 4.41. The smallest absolute Gasteiger partial charge is 0.231 e. The Morgan fingerprint density at radius 3 is 2.88 bits per heavy atom. The predicted molar refractivity (Wildman–Crippen MR) is 67.3 cm³/mol. The van der Waals surface area contributed by atoms with Crippen LogP contribution in [0.5, 0.6) is 11.5 Å². The molecule has 17 heavy (non-hydrogen) atoms. The van der Waals surface area contributed by atoms with E-state index in [9.17, 15) is 0 Å². The van der Waals surface area contributed by atoms with Crippen molar-refractivity contribution in [1.82, 2.24) is 4.90 Å². The molecular weight excluding hydrogens is 216 g/mol. The molecular formula is C13H20N2O2. The van der Waals surface area contributed by atoms with E-state index in [4.69, 9.17) is 15.2 Å². The summed E-state index contributed by atoms with van der Waals surface area (Å²) in [6, 6.07) is 6.49. The van der Waals surface area contributed by atoms with Crippen LogP contribution in [0.2, 0.25) is 0 Å². The minimum atomic E-state index is 0.330. The molecule has 1 aromatic rings. The molecule has 1 heterocycles. The molecule has 0 radical (unpaired) electrons. The van der Waals surface area contributed by atoms with Crippen LogP contribution in [0, 0.1) is 0 Å². The van der Waals surface area contributed by atoms with Gasteiger partial charge in [0, 0.05) is 6.04 Å². The van der Waals surface area contributed by atoms with Crippen molar-refractivity contribution in [1.29, 1.82) is 0 Å². The van der Waals surface area contributed by atoms with Gasteiger partial charge in [-0.2, -0.15) is 0 Å². The first-order chi connectivity index (χ1) is 8.22. The molecule has 0 bridgehead atoms. The maximum Gasteiger partial charge on any atom is 0.231 e. The maximum atomic E-state index is 5.53. The molecule has 2 rings (SSSR count). The number of nitrogens with zero attached hydrogens (tertiary/aromatic N) is 1. The van der Waals surface area contributed by atoms with Crippen LogP contribution in [0.25, 0.3) is 0 Å². The Morgan fingerprint density at radius 2 is 2.12 bits per heavy atom. The van der Waals surface area contributed by atoms with Crippen molar-refractivity contribution in [3.05, 3.63) is 23.8 Å². The van der Waals surface area contributed by atoms with E-state index < -0.39 is 0 Å². The number of hydrogen-bond acceptors (Lipinski definition) is 4. The summed E-state index contributed by atoms with van der Waals surface area (Å²) in [4.78, 5) is 2.30. The number of benzene rings is 1. The van der Waals surface area contributed by atoms with Gasteiger partial charge in [-0.3, -0.25) is 4.90 Å². The first kappa shape index (κ1) is 12.2. The number of rotatable bonds is 5. The number of nitrogens with two attached hydrogens (primary N) is 1. The zero-order chi connectivity index (χ0) is 12.3. The second kappa shape index (κ2) is 5.38. The Kier molecular flexibility index (Phi) is 3.86. The average molecular weight is 236 g/mol. The van der Waals surface area contributed by atoms with Gasteiger partial charge in [0.2, 0.25) is 6.79 Å². The molecule has 1 aromatic carbocycles. The predicted octanol–water partition coefficient (Wildman–Crippen LogP) is 1.76. The number of hydrogen-bond donors (Lipinski definition) is 1. The van der Waals surface area contributed by atoms with Crippen LogP contribution in [0.4, 0.5) is 0 Å². The Bertz CT molecular complexity index is 382. The lowest BCUT2D eigenvalue weighted by Gasteiger charge is -2.25. The van der Waals surface area contributed by atoms with E-state index in [2.05, 4.69) is 31.0 Å². The van der Waals surface area contributed by atoms with E-state index in [0.29, 0.717) is 12.8 Å². The van der Waals surface area contributed by atoms with Gasteiger partial charge in [0.25, 0.3) is 0 Å². The Labute approximate surface area is 102 Å². The van der Waals surface area contributed by atoms with Gasteiger partial charge in [0.1, 0.15) is 0 Å². The van der Waals surface area contributed by atoms with Gasteiger partial charge in [0.15, 0.2) is 11.5 Å². The third-order valence-corrected chi connectivity index (χ3v) is 3.26. The summed E-state index contributed by atoms with van der Waals surface area (Å²) in [5.41, 5.74) is 6.77. The Morgan fingerprint density at radius 1 is 1.35 bits per heavy atom. The summed E-state index contributed by atoms with van der Waals surface area (Å²) < 4.78 is 10.7. The van der Waals surface area contributed by atoms with E-state index in [1.165, 1.54) is 5.56 Å². The average Bonchev–Trinajstić information content (AvgIpc) is 2.81. The second-order valence-electron chi connectivity index (χ2n) is 4.41. The molecule has 4 nitrogen and oxygen atoms in total. The fourth-order valence-corrected chi connectivity index (χ4v) is 1.96. The highest BCUT2D eigenvalue weighted by Gasteiger charge is 2.17. The van der Waals surface area contributed by atoms with Crippen LogP contribution in [0.1, 0.15) is 24.9 Å². The van der Waals surface area contributed by atoms with Gasteiger partial charge < -0.3 is 15.2 Å². The molecule has 1 atom stereocenters. The molecule has 0 saturated carbocycles. The molecule has 0 amide bonds. The van der Waals surface area contributed by atoms with Crippen molar-refractivity contribution < 1.29 is 9.47 Å². The highest BCUT2D eigenvalue weighted by molar-refractivity contribution is 5.45. The van der Waals surface area contributed by atoms with E-state index in [1.807, 2.05) is 6.07 Å². The summed E-state index contributed by atoms with van der Waals surface area (Å²) in [7, 11) is 2.12. The van der Waals surface area contributed by atoms with E-state index >= 15 is 0 Å². The van der Waals surface area contributed by atoms with Crippen LogP contribution in [-0.2, 0) is 0 Å². The summed E-state index contributed by atoms with van der Waals surface area (Å²) in [6.45, 7) is 4.26. The molecule has 0 aromatic heterocycles. The van der Waals surface area contributed by atoms with Gasteiger partial charge in [-0.05, 0) is 51.2 Å². The van der Waals surface area contributed by atoms with Crippen molar-refractivity contribution in [2.24, 2.45) is 5.73 Å². The maximum absolute atomic E-state index is 5.53. The number of fused-ring (bicyclic) bond motifs is 1. The molecule has 94 valence electrons. The largest absolute Gasteiger partial charge is 0.454 e. The van der Waals surface area contributed by atoms with E-state index in [-0.39, 0.29) is 0 Å². The lowest BCUT2D eigenvalue weighted by atomic mass is 10.1. The first-order valence-corrected chi connectivity index (χ1v) is 6.02. The molecule has 1 aliphatic heterocycles. The van der Waals surface area contributed by atoms with Gasteiger partial charge in [-0.15, -0.1) is 0 Å². The summed E-state index contributed by atoms with van der Waals surface area (Å²) in [5.74, 6) is 1.69. The SMILES string of the molecule is CC(c1ccc2c(c1)OCO2)N(C)CCCN. The molecule has 2 N–H and O–H groups in total. The van der Waals surface area contributed by atoms with Gasteiger partial charge in [-0.25, -0.2) is 0 Å². The molecule has 4 heteroatoms. The third-order valence-electron chi connectivity index (χ3n) is 3.26. The Balaban J connectivity index is 2.06. The molecule has 0 spiro atoms. The zero-order valence-corrected chi connectivity index (χ0v) is 10.5. The van der Waals surface area contributed by atoms with Crippen LogP contribution < -0.4 is 15.2 Å². The van der Waals surface area contributed by atoms with Crippen molar-refractivity contribution in [2.45, 2.75) is 19.4 Å². The molecule has 1 unspecified atom stereocenters. The van der Waals surface area contributed by atoms with Gasteiger partial charge in [0.05, 0.1) is 0 Å². The Hall–Kier alpha value is -1.26. The topological polar surface area (TPSA) is 47.7 Å².